The van der Waals surface area contributed by atoms with Gasteiger partial charge in [-0.25, -0.2) is 13.1 Å². The lowest BCUT2D eigenvalue weighted by Gasteiger charge is -2.17. The first-order valence-electron chi connectivity index (χ1n) is 7.78. The lowest BCUT2D eigenvalue weighted by molar-refractivity contribution is 0.354. The van der Waals surface area contributed by atoms with E-state index in [4.69, 9.17) is 9.47 Å². The van der Waals surface area contributed by atoms with Crippen molar-refractivity contribution in [2.24, 2.45) is 0 Å². The standard InChI is InChI=1S/C18H21NO4S/c1-22-16-9-8-15(12-17(16)23-2)24(20,21)19-13-18(10-11-18)14-6-4-3-5-7-14/h3-9,12,19H,10-11,13H2,1-2H3. The molecule has 0 radical (unpaired) electrons. The summed E-state index contributed by atoms with van der Waals surface area (Å²) in [5, 5.41) is 0. The van der Waals surface area contributed by atoms with Crippen molar-refractivity contribution in [2.75, 3.05) is 20.8 Å². The van der Waals surface area contributed by atoms with Gasteiger partial charge in [0, 0.05) is 18.0 Å². The highest BCUT2D eigenvalue weighted by Gasteiger charge is 2.44. The molecule has 0 bridgehead atoms. The Morgan fingerprint density at radius 3 is 2.25 bits per heavy atom. The van der Waals surface area contributed by atoms with E-state index in [1.54, 1.807) is 6.07 Å². The van der Waals surface area contributed by atoms with Gasteiger partial charge in [-0.3, -0.25) is 0 Å². The third-order valence-electron chi connectivity index (χ3n) is 4.51. The normalized spacial score (nSPS) is 15.8. The zero-order valence-corrected chi connectivity index (χ0v) is 14.6. The smallest absolute Gasteiger partial charge is 0.240 e. The van der Waals surface area contributed by atoms with Gasteiger partial charge in [-0.05, 0) is 30.5 Å². The first-order chi connectivity index (χ1) is 11.5. The number of ether oxygens (including phenoxy) is 2. The predicted octanol–water partition coefficient (Wildman–Crippen LogP) is 2.71. The molecule has 0 aliphatic heterocycles. The second-order valence-electron chi connectivity index (χ2n) is 5.99. The van der Waals surface area contributed by atoms with Gasteiger partial charge < -0.3 is 9.47 Å². The van der Waals surface area contributed by atoms with E-state index in [-0.39, 0.29) is 10.3 Å². The Morgan fingerprint density at radius 1 is 1.00 bits per heavy atom. The minimum absolute atomic E-state index is 0.0785. The average Bonchev–Trinajstić information content (AvgIpc) is 3.41. The van der Waals surface area contributed by atoms with Crippen molar-refractivity contribution in [3.8, 4) is 11.5 Å². The number of nitrogens with one attached hydrogen (secondary N) is 1. The van der Waals surface area contributed by atoms with E-state index in [9.17, 15) is 8.42 Å². The molecule has 1 saturated carbocycles. The van der Waals surface area contributed by atoms with Gasteiger partial charge in [0.05, 0.1) is 19.1 Å². The molecule has 1 N–H and O–H groups in total. The molecule has 1 fully saturated rings. The monoisotopic (exact) mass is 347 g/mol. The van der Waals surface area contributed by atoms with Crippen LogP contribution in [0, 0.1) is 0 Å². The Morgan fingerprint density at radius 2 is 1.67 bits per heavy atom. The Hall–Kier alpha value is -2.05. The van der Waals surface area contributed by atoms with E-state index in [2.05, 4.69) is 16.9 Å². The molecule has 0 amide bonds. The number of methoxy groups -OCH3 is 2. The zero-order chi connectivity index (χ0) is 17.2. The Bertz CT molecular complexity index is 814. The van der Waals surface area contributed by atoms with E-state index in [1.807, 2.05) is 18.2 Å². The first kappa shape index (κ1) is 16.8. The molecule has 0 unspecified atom stereocenters. The molecule has 1 aliphatic carbocycles. The molecule has 0 spiro atoms. The van der Waals surface area contributed by atoms with E-state index >= 15 is 0 Å². The largest absolute Gasteiger partial charge is 0.493 e. The van der Waals surface area contributed by atoms with Crippen molar-refractivity contribution < 1.29 is 17.9 Å². The second kappa shape index (κ2) is 6.45. The van der Waals surface area contributed by atoms with Crippen LogP contribution in [0.2, 0.25) is 0 Å². The van der Waals surface area contributed by atoms with Gasteiger partial charge >= 0.3 is 0 Å². The molecule has 2 aromatic carbocycles. The lowest BCUT2D eigenvalue weighted by Crippen LogP contribution is -2.32. The van der Waals surface area contributed by atoms with Crippen LogP contribution in [0.5, 0.6) is 11.5 Å². The summed E-state index contributed by atoms with van der Waals surface area (Å²) in [4.78, 5) is 0.170. The van der Waals surface area contributed by atoms with Crippen LogP contribution in [0.25, 0.3) is 0 Å². The van der Waals surface area contributed by atoms with Gasteiger partial charge in [0.2, 0.25) is 10.0 Å². The fourth-order valence-corrected chi connectivity index (χ4v) is 3.95. The Labute approximate surface area is 142 Å². The van der Waals surface area contributed by atoms with Crippen molar-refractivity contribution >= 4 is 10.0 Å². The summed E-state index contributed by atoms with van der Waals surface area (Å²) in [6.07, 6.45) is 1.98. The maximum absolute atomic E-state index is 12.6. The summed E-state index contributed by atoms with van der Waals surface area (Å²) < 4.78 is 38.3. The molecule has 0 aromatic heterocycles. The van der Waals surface area contributed by atoms with Crippen molar-refractivity contribution in [1.29, 1.82) is 0 Å². The van der Waals surface area contributed by atoms with Gasteiger partial charge in [0.1, 0.15) is 0 Å². The highest BCUT2D eigenvalue weighted by atomic mass is 32.2. The van der Waals surface area contributed by atoms with Gasteiger partial charge in [-0.2, -0.15) is 0 Å². The van der Waals surface area contributed by atoms with Crippen LogP contribution in [-0.4, -0.2) is 29.2 Å². The van der Waals surface area contributed by atoms with Crippen LogP contribution >= 0.6 is 0 Å². The number of rotatable bonds is 7. The van der Waals surface area contributed by atoms with Gasteiger partial charge in [0.25, 0.3) is 0 Å². The predicted molar refractivity (Wildman–Crippen MR) is 92.1 cm³/mol. The summed E-state index contributed by atoms with van der Waals surface area (Å²) in [7, 11) is -0.607. The van der Waals surface area contributed by atoms with Crippen LogP contribution in [0.1, 0.15) is 18.4 Å². The SMILES string of the molecule is COc1ccc(S(=O)(=O)NCC2(c3ccccc3)CC2)cc1OC. The van der Waals surface area contributed by atoms with Gasteiger partial charge in [-0.1, -0.05) is 30.3 Å². The first-order valence-corrected chi connectivity index (χ1v) is 9.26. The van der Waals surface area contributed by atoms with Crippen molar-refractivity contribution in [3.63, 3.8) is 0 Å². The van der Waals surface area contributed by atoms with E-state index in [1.165, 1.54) is 31.9 Å². The minimum atomic E-state index is -3.60. The fourth-order valence-electron chi connectivity index (χ4n) is 2.81. The topological polar surface area (TPSA) is 64.6 Å². The second-order valence-corrected chi connectivity index (χ2v) is 7.75. The maximum Gasteiger partial charge on any atom is 0.240 e. The maximum atomic E-state index is 12.6. The summed E-state index contributed by atoms with van der Waals surface area (Å²) in [6.45, 7) is 0.397. The number of sulfonamides is 1. The molecular weight excluding hydrogens is 326 g/mol. The highest BCUT2D eigenvalue weighted by molar-refractivity contribution is 7.89. The molecule has 3 rings (SSSR count). The zero-order valence-electron chi connectivity index (χ0n) is 13.8. The van der Waals surface area contributed by atoms with E-state index < -0.39 is 10.0 Å². The molecule has 5 nitrogen and oxygen atoms in total. The van der Waals surface area contributed by atoms with Crippen molar-refractivity contribution in [2.45, 2.75) is 23.2 Å². The third kappa shape index (κ3) is 3.25. The molecule has 0 saturated heterocycles. The van der Waals surface area contributed by atoms with Gasteiger partial charge in [0.15, 0.2) is 11.5 Å². The molecule has 6 heteroatoms. The molecule has 0 heterocycles. The lowest BCUT2D eigenvalue weighted by atomic mass is 9.96. The summed E-state index contributed by atoms with van der Waals surface area (Å²) in [5.74, 6) is 0.893. The Kier molecular flexibility index (Phi) is 4.51. The molecule has 1 aliphatic rings. The summed E-state index contributed by atoms with van der Waals surface area (Å²) in [6, 6.07) is 14.6. The molecule has 128 valence electrons. The summed E-state index contributed by atoms with van der Waals surface area (Å²) >= 11 is 0. The summed E-state index contributed by atoms with van der Waals surface area (Å²) in [5.41, 5.74) is 1.10. The van der Waals surface area contributed by atoms with E-state index in [0.29, 0.717) is 18.0 Å². The highest BCUT2D eigenvalue weighted by Crippen LogP contribution is 2.47. The third-order valence-corrected chi connectivity index (χ3v) is 5.90. The van der Waals surface area contributed by atoms with Crippen LogP contribution in [0.4, 0.5) is 0 Å². The molecule has 2 aromatic rings. The van der Waals surface area contributed by atoms with E-state index in [0.717, 1.165) is 12.8 Å². The van der Waals surface area contributed by atoms with Crippen LogP contribution in [0.15, 0.2) is 53.4 Å². The fraction of sp³-hybridized carbons (Fsp3) is 0.333. The average molecular weight is 347 g/mol. The van der Waals surface area contributed by atoms with Crippen LogP contribution in [0.3, 0.4) is 0 Å². The number of hydrogen-bond donors (Lipinski definition) is 1. The van der Waals surface area contributed by atoms with Crippen LogP contribution < -0.4 is 14.2 Å². The van der Waals surface area contributed by atoms with Crippen molar-refractivity contribution in [3.05, 3.63) is 54.1 Å². The molecule has 24 heavy (non-hydrogen) atoms. The number of hydrogen-bond acceptors (Lipinski definition) is 4. The van der Waals surface area contributed by atoms with Crippen molar-refractivity contribution in [1.82, 2.24) is 4.72 Å². The van der Waals surface area contributed by atoms with Gasteiger partial charge in [-0.15, -0.1) is 0 Å². The molecular formula is C18H21NO4S. The Balaban J connectivity index is 1.78. The number of benzene rings is 2. The minimum Gasteiger partial charge on any atom is -0.493 e. The quantitative estimate of drug-likeness (QED) is 0.836. The van der Waals surface area contributed by atoms with Crippen LogP contribution in [-0.2, 0) is 15.4 Å². The molecule has 0 atom stereocenters.